The Balaban J connectivity index is 1.79. The Morgan fingerprint density at radius 3 is 2.53 bits per heavy atom. The van der Waals surface area contributed by atoms with Crippen LogP contribution in [0.2, 0.25) is 0 Å². The molecule has 19 heavy (non-hydrogen) atoms. The number of carbonyl (C=O) groups is 1. The summed E-state index contributed by atoms with van der Waals surface area (Å²) < 4.78 is 5.35. The minimum absolute atomic E-state index is 0.00842. The van der Waals surface area contributed by atoms with Crippen molar-refractivity contribution in [2.24, 2.45) is 0 Å². The van der Waals surface area contributed by atoms with Crippen molar-refractivity contribution in [2.45, 2.75) is 63.6 Å². The van der Waals surface area contributed by atoms with Gasteiger partial charge >= 0.3 is 6.09 Å². The monoisotopic (exact) mass is 264 g/mol. The summed E-state index contributed by atoms with van der Waals surface area (Å²) in [5, 5.41) is 2.74. The van der Waals surface area contributed by atoms with Gasteiger partial charge in [0.15, 0.2) is 0 Å². The van der Waals surface area contributed by atoms with Crippen LogP contribution in [0.1, 0.15) is 46.0 Å². The summed E-state index contributed by atoms with van der Waals surface area (Å²) in [6, 6.07) is 0.110. The first kappa shape index (κ1) is 14.2. The van der Waals surface area contributed by atoms with E-state index >= 15 is 0 Å². The molecule has 4 nitrogen and oxygen atoms in total. The molecule has 1 saturated heterocycles. The Morgan fingerprint density at radius 2 is 2.00 bits per heavy atom. The lowest BCUT2D eigenvalue weighted by Crippen LogP contribution is -2.63. The van der Waals surface area contributed by atoms with Crippen LogP contribution < -0.4 is 5.32 Å². The quantitative estimate of drug-likeness (QED) is 0.794. The predicted molar refractivity (Wildman–Crippen MR) is 74.8 cm³/mol. The number of terminal acetylenes is 1. The maximum Gasteiger partial charge on any atom is 0.407 e. The average molecular weight is 264 g/mol. The van der Waals surface area contributed by atoms with Crippen LogP contribution in [0.5, 0.6) is 0 Å². The van der Waals surface area contributed by atoms with Crippen molar-refractivity contribution in [2.75, 3.05) is 13.1 Å². The average Bonchev–Trinajstić information content (AvgIpc) is 2.33. The van der Waals surface area contributed by atoms with Crippen LogP contribution in [-0.4, -0.2) is 41.8 Å². The van der Waals surface area contributed by atoms with E-state index in [-0.39, 0.29) is 23.8 Å². The van der Waals surface area contributed by atoms with E-state index in [1.165, 1.54) is 19.3 Å². The highest BCUT2D eigenvalue weighted by atomic mass is 16.6. The second kappa shape index (κ2) is 5.83. The van der Waals surface area contributed by atoms with Gasteiger partial charge in [0, 0.05) is 19.1 Å². The fourth-order valence-corrected chi connectivity index (χ4v) is 2.97. The Kier molecular flexibility index (Phi) is 4.36. The summed E-state index contributed by atoms with van der Waals surface area (Å²) in [7, 11) is 0. The number of hydrogen-bond acceptors (Lipinski definition) is 3. The minimum atomic E-state index is -0.321. The zero-order valence-corrected chi connectivity index (χ0v) is 11.9. The van der Waals surface area contributed by atoms with E-state index in [0.29, 0.717) is 0 Å². The van der Waals surface area contributed by atoms with Crippen LogP contribution in [0.4, 0.5) is 4.79 Å². The van der Waals surface area contributed by atoms with E-state index < -0.39 is 0 Å². The van der Waals surface area contributed by atoms with Gasteiger partial charge in [-0.25, -0.2) is 4.79 Å². The Morgan fingerprint density at radius 1 is 1.37 bits per heavy atom. The van der Waals surface area contributed by atoms with Crippen LogP contribution in [0.3, 0.4) is 0 Å². The molecule has 0 aromatic rings. The Hall–Kier alpha value is -1.21. The van der Waals surface area contributed by atoms with Crippen molar-refractivity contribution in [3.63, 3.8) is 0 Å². The van der Waals surface area contributed by atoms with Crippen LogP contribution >= 0.6 is 0 Å². The SMILES string of the molecule is C#CC1(N2CC(OC(=O)NC(C)C)C2)CCCCC1. The van der Waals surface area contributed by atoms with Gasteiger partial charge in [0.05, 0.1) is 5.54 Å². The maximum atomic E-state index is 11.5. The van der Waals surface area contributed by atoms with Gasteiger partial charge in [-0.3, -0.25) is 4.90 Å². The van der Waals surface area contributed by atoms with Crippen LogP contribution in [0.15, 0.2) is 0 Å². The van der Waals surface area contributed by atoms with Crippen molar-refractivity contribution in [3.05, 3.63) is 0 Å². The van der Waals surface area contributed by atoms with Crippen molar-refractivity contribution >= 4 is 6.09 Å². The van der Waals surface area contributed by atoms with Gasteiger partial charge in [-0.2, -0.15) is 0 Å². The zero-order valence-electron chi connectivity index (χ0n) is 11.9. The highest BCUT2D eigenvalue weighted by Gasteiger charge is 2.44. The van der Waals surface area contributed by atoms with E-state index in [2.05, 4.69) is 16.1 Å². The standard InChI is InChI=1S/C15H24N2O2/c1-4-15(8-6-5-7-9-15)17-10-13(11-17)19-14(18)16-12(2)3/h1,12-13H,5-11H2,2-3H3,(H,16,18). The van der Waals surface area contributed by atoms with Gasteiger partial charge < -0.3 is 10.1 Å². The molecule has 2 aliphatic rings. The number of carbonyl (C=O) groups excluding carboxylic acids is 1. The summed E-state index contributed by atoms with van der Waals surface area (Å²) in [6.07, 6.45) is 11.3. The molecule has 106 valence electrons. The summed E-state index contributed by atoms with van der Waals surface area (Å²) in [6.45, 7) is 5.39. The number of rotatable bonds is 3. The number of amides is 1. The molecular weight excluding hydrogens is 240 g/mol. The molecule has 0 aromatic carbocycles. The van der Waals surface area contributed by atoms with Crippen molar-refractivity contribution in [3.8, 4) is 12.3 Å². The second-order valence-corrected chi connectivity index (χ2v) is 5.97. The molecule has 2 rings (SSSR count). The predicted octanol–water partition coefficient (Wildman–Crippen LogP) is 2.14. The molecule has 0 spiro atoms. The number of alkyl carbamates (subject to hydrolysis) is 1. The van der Waals surface area contributed by atoms with Crippen LogP contribution in [-0.2, 0) is 4.74 Å². The molecule has 1 saturated carbocycles. The molecule has 0 atom stereocenters. The van der Waals surface area contributed by atoms with Gasteiger partial charge in [0.2, 0.25) is 0 Å². The molecule has 0 radical (unpaired) electrons. The lowest BCUT2D eigenvalue weighted by molar-refractivity contribution is -0.0644. The van der Waals surface area contributed by atoms with Gasteiger partial charge in [0.1, 0.15) is 6.10 Å². The zero-order chi connectivity index (χ0) is 13.9. The molecule has 1 amide bonds. The number of ether oxygens (including phenoxy) is 1. The summed E-state index contributed by atoms with van der Waals surface area (Å²) >= 11 is 0. The molecule has 0 aromatic heterocycles. The van der Waals surface area contributed by atoms with Crippen molar-refractivity contribution in [1.29, 1.82) is 0 Å². The molecule has 4 heteroatoms. The lowest BCUT2D eigenvalue weighted by Gasteiger charge is -2.50. The smallest absolute Gasteiger partial charge is 0.407 e. The normalized spacial score (nSPS) is 23.5. The fraction of sp³-hybridized carbons (Fsp3) is 0.800. The van der Waals surface area contributed by atoms with E-state index in [1.807, 2.05) is 13.8 Å². The highest BCUT2D eigenvalue weighted by molar-refractivity contribution is 5.67. The highest BCUT2D eigenvalue weighted by Crippen LogP contribution is 2.36. The molecule has 1 aliphatic carbocycles. The first-order valence-corrected chi connectivity index (χ1v) is 7.26. The van der Waals surface area contributed by atoms with Gasteiger partial charge in [-0.15, -0.1) is 6.42 Å². The van der Waals surface area contributed by atoms with Gasteiger partial charge in [-0.1, -0.05) is 25.2 Å². The number of nitrogens with one attached hydrogen (secondary N) is 1. The fourth-order valence-electron chi connectivity index (χ4n) is 2.97. The third kappa shape index (κ3) is 3.22. The summed E-state index contributed by atoms with van der Waals surface area (Å²) in [5.74, 6) is 3.00. The van der Waals surface area contributed by atoms with Crippen molar-refractivity contribution < 1.29 is 9.53 Å². The molecule has 0 bridgehead atoms. The summed E-state index contributed by atoms with van der Waals surface area (Å²) in [5.41, 5.74) is -0.0768. The minimum Gasteiger partial charge on any atom is -0.444 e. The van der Waals surface area contributed by atoms with E-state index in [0.717, 1.165) is 25.9 Å². The largest absolute Gasteiger partial charge is 0.444 e. The van der Waals surface area contributed by atoms with E-state index in [9.17, 15) is 4.79 Å². The first-order chi connectivity index (χ1) is 9.05. The van der Waals surface area contributed by atoms with Crippen molar-refractivity contribution in [1.82, 2.24) is 10.2 Å². The topological polar surface area (TPSA) is 41.6 Å². The lowest BCUT2D eigenvalue weighted by atomic mass is 9.79. The molecule has 1 heterocycles. The third-order valence-corrected chi connectivity index (χ3v) is 4.08. The van der Waals surface area contributed by atoms with E-state index in [4.69, 9.17) is 11.2 Å². The Bertz CT molecular complexity index is 361. The van der Waals surface area contributed by atoms with Gasteiger partial charge in [0.25, 0.3) is 0 Å². The van der Waals surface area contributed by atoms with E-state index in [1.54, 1.807) is 0 Å². The number of hydrogen-bond donors (Lipinski definition) is 1. The van der Waals surface area contributed by atoms with Crippen LogP contribution in [0, 0.1) is 12.3 Å². The third-order valence-electron chi connectivity index (χ3n) is 4.08. The van der Waals surface area contributed by atoms with Crippen LogP contribution in [0.25, 0.3) is 0 Å². The molecule has 0 unspecified atom stereocenters. The van der Waals surface area contributed by atoms with Gasteiger partial charge in [-0.05, 0) is 26.7 Å². The number of nitrogens with zero attached hydrogens (tertiary/aromatic N) is 1. The second-order valence-electron chi connectivity index (χ2n) is 5.97. The molecule has 1 N–H and O–H groups in total. The summed E-state index contributed by atoms with van der Waals surface area (Å²) in [4.78, 5) is 13.8. The first-order valence-electron chi connectivity index (χ1n) is 7.26. The molecule has 1 aliphatic heterocycles. The Labute approximate surface area is 115 Å². The maximum absolute atomic E-state index is 11.5. The molecular formula is C15H24N2O2. The molecule has 2 fully saturated rings. The number of likely N-dealkylation sites (tertiary alicyclic amines) is 1.